The molecule has 1 aromatic heterocycles. The number of nitrogens with one attached hydrogen (secondary N) is 1. The molecule has 1 heterocycles. The lowest BCUT2D eigenvalue weighted by Crippen LogP contribution is -1.95. The summed E-state index contributed by atoms with van der Waals surface area (Å²) in [7, 11) is 1.67. The first-order valence-corrected chi connectivity index (χ1v) is 6.95. The molecule has 21 heavy (non-hydrogen) atoms. The molecule has 0 atom stereocenters. The molecule has 2 aromatic carbocycles. The first-order valence-electron chi connectivity index (χ1n) is 6.95. The van der Waals surface area contributed by atoms with Crippen LogP contribution in [0.5, 0.6) is 5.75 Å². The second-order valence-corrected chi connectivity index (χ2v) is 5.20. The highest BCUT2D eigenvalue weighted by atomic mass is 16.5. The van der Waals surface area contributed by atoms with Crippen LogP contribution in [0.25, 0.3) is 10.9 Å². The SMILES string of the molecule is COc1ccc(Nc2cc(C)c3cc(C)ccc3n2)cc1. The van der Waals surface area contributed by atoms with Crippen LogP contribution in [0.15, 0.2) is 48.5 Å². The first-order chi connectivity index (χ1) is 10.2. The third-order valence-electron chi connectivity index (χ3n) is 3.53. The summed E-state index contributed by atoms with van der Waals surface area (Å²) in [4.78, 5) is 4.67. The van der Waals surface area contributed by atoms with E-state index in [4.69, 9.17) is 4.74 Å². The molecule has 0 fully saturated rings. The molecule has 3 aromatic rings. The zero-order chi connectivity index (χ0) is 14.8. The van der Waals surface area contributed by atoms with Crippen molar-refractivity contribution in [1.29, 1.82) is 0 Å². The molecular weight excluding hydrogens is 260 g/mol. The van der Waals surface area contributed by atoms with Crippen LogP contribution in [0, 0.1) is 13.8 Å². The van der Waals surface area contributed by atoms with Crippen LogP contribution in [-0.4, -0.2) is 12.1 Å². The molecule has 0 aliphatic rings. The van der Waals surface area contributed by atoms with E-state index in [1.165, 1.54) is 16.5 Å². The van der Waals surface area contributed by atoms with Crippen LogP contribution >= 0.6 is 0 Å². The number of nitrogens with zero attached hydrogens (tertiary/aromatic N) is 1. The quantitative estimate of drug-likeness (QED) is 0.760. The molecule has 3 heteroatoms. The number of anilines is 2. The molecule has 1 N–H and O–H groups in total. The monoisotopic (exact) mass is 278 g/mol. The minimum Gasteiger partial charge on any atom is -0.497 e. The van der Waals surface area contributed by atoms with Crippen molar-refractivity contribution < 1.29 is 4.74 Å². The van der Waals surface area contributed by atoms with Gasteiger partial charge < -0.3 is 10.1 Å². The van der Waals surface area contributed by atoms with Crippen molar-refractivity contribution in [2.24, 2.45) is 0 Å². The van der Waals surface area contributed by atoms with Gasteiger partial charge >= 0.3 is 0 Å². The van der Waals surface area contributed by atoms with E-state index in [2.05, 4.69) is 48.4 Å². The molecule has 106 valence electrons. The Balaban J connectivity index is 1.95. The predicted octanol–water partition coefficient (Wildman–Crippen LogP) is 4.60. The average molecular weight is 278 g/mol. The largest absolute Gasteiger partial charge is 0.497 e. The van der Waals surface area contributed by atoms with Crippen molar-refractivity contribution >= 4 is 22.4 Å². The second kappa shape index (κ2) is 5.44. The van der Waals surface area contributed by atoms with Crippen molar-refractivity contribution in [1.82, 2.24) is 4.98 Å². The lowest BCUT2D eigenvalue weighted by atomic mass is 10.1. The van der Waals surface area contributed by atoms with Gasteiger partial charge in [0.2, 0.25) is 0 Å². The molecule has 0 amide bonds. The number of benzene rings is 2. The van der Waals surface area contributed by atoms with E-state index in [0.717, 1.165) is 22.8 Å². The summed E-state index contributed by atoms with van der Waals surface area (Å²) in [5, 5.41) is 4.54. The van der Waals surface area contributed by atoms with Crippen LogP contribution in [0.2, 0.25) is 0 Å². The van der Waals surface area contributed by atoms with Gasteiger partial charge in [-0.15, -0.1) is 0 Å². The van der Waals surface area contributed by atoms with Gasteiger partial charge in [0.15, 0.2) is 0 Å². The fraction of sp³-hybridized carbons (Fsp3) is 0.167. The maximum atomic E-state index is 5.16. The Kier molecular flexibility index (Phi) is 3.48. The number of ether oxygens (including phenoxy) is 1. The number of rotatable bonds is 3. The smallest absolute Gasteiger partial charge is 0.131 e. The minimum absolute atomic E-state index is 0.846. The van der Waals surface area contributed by atoms with E-state index in [9.17, 15) is 0 Å². The Hall–Kier alpha value is -2.55. The van der Waals surface area contributed by atoms with Crippen LogP contribution in [0.3, 0.4) is 0 Å². The van der Waals surface area contributed by atoms with Gasteiger partial charge in [0.1, 0.15) is 11.6 Å². The van der Waals surface area contributed by atoms with Gasteiger partial charge in [-0.25, -0.2) is 4.98 Å². The van der Waals surface area contributed by atoms with E-state index < -0.39 is 0 Å². The maximum absolute atomic E-state index is 5.16. The molecule has 0 unspecified atom stereocenters. The van der Waals surface area contributed by atoms with E-state index in [1.54, 1.807) is 7.11 Å². The van der Waals surface area contributed by atoms with Crippen molar-refractivity contribution in [2.75, 3.05) is 12.4 Å². The topological polar surface area (TPSA) is 34.1 Å². The van der Waals surface area contributed by atoms with E-state index in [0.29, 0.717) is 0 Å². The Bertz CT molecular complexity index is 779. The molecule has 0 spiro atoms. The zero-order valence-electron chi connectivity index (χ0n) is 12.5. The van der Waals surface area contributed by atoms with Gasteiger partial charge in [0.05, 0.1) is 12.6 Å². The van der Waals surface area contributed by atoms with Crippen LogP contribution in [0.4, 0.5) is 11.5 Å². The number of hydrogen-bond acceptors (Lipinski definition) is 3. The van der Waals surface area contributed by atoms with Crippen molar-refractivity contribution in [3.63, 3.8) is 0 Å². The normalized spacial score (nSPS) is 10.6. The summed E-state index contributed by atoms with van der Waals surface area (Å²) in [6.07, 6.45) is 0. The molecule has 3 rings (SSSR count). The summed E-state index contributed by atoms with van der Waals surface area (Å²) in [6, 6.07) is 16.2. The second-order valence-electron chi connectivity index (χ2n) is 5.20. The number of aryl methyl sites for hydroxylation is 2. The van der Waals surface area contributed by atoms with E-state index >= 15 is 0 Å². The first kappa shape index (κ1) is 13.4. The predicted molar refractivity (Wildman–Crippen MR) is 87.5 cm³/mol. The highest BCUT2D eigenvalue weighted by molar-refractivity contribution is 5.85. The van der Waals surface area contributed by atoms with E-state index in [1.807, 2.05) is 24.3 Å². The van der Waals surface area contributed by atoms with Crippen LogP contribution in [-0.2, 0) is 0 Å². The summed E-state index contributed by atoms with van der Waals surface area (Å²) in [5.41, 5.74) is 4.48. The van der Waals surface area contributed by atoms with Gasteiger partial charge in [-0.3, -0.25) is 0 Å². The molecule has 0 radical (unpaired) electrons. The number of methoxy groups -OCH3 is 1. The van der Waals surface area contributed by atoms with Crippen LogP contribution in [0.1, 0.15) is 11.1 Å². The van der Waals surface area contributed by atoms with Crippen molar-refractivity contribution in [3.8, 4) is 5.75 Å². The molecule has 0 saturated carbocycles. The lowest BCUT2D eigenvalue weighted by Gasteiger charge is -2.10. The molecule has 0 aliphatic carbocycles. The molecule has 0 aliphatic heterocycles. The zero-order valence-corrected chi connectivity index (χ0v) is 12.5. The molecule has 0 bridgehead atoms. The molecule has 0 saturated heterocycles. The highest BCUT2D eigenvalue weighted by Crippen LogP contribution is 2.24. The number of hydrogen-bond donors (Lipinski definition) is 1. The fourth-order valence-corrected chi connectivity index (χ4v) is 2.39. The summed E-state index contributed by atoms with van der Waals surface area (Å²) in [6.45, 7) is 4.21. The van der Waals surface area contributed by atoms with Gasteiger partial charge in [-0.05, 0) is 61.9 Å². The Morgan fingerprint density at radius 3 is 2.43 bits per heavy atom. The number of aromatic nitrogens is 1. The van der Waals surface area contributed by atoms with Crippen LogP contribution < -0.4 is 10.1 Å². The van der Waals surface area contributed by atoms with Gasteiger partial charge in [-0.1, -0.05) is 11.6 Å². The van der Waals surface area contributed by atoms with Gasteiger partial charge in [0, 0.05) is 11.1 Å². The Morgan fingerprint density at radius 2 is 1.71 bits per heavy atom. The third-order valence-corrected chi connectivity index (χ3v) is 3.53. The van der Waals surface area contributed by atoms with Crippen molar-refractivity contribution in [2.45, 2.75) is 13.8 Å². The Labute approximate surface area is 124 Å². The standard InChI is InChI=1S/C18H18N2O/c1-12-4-9-17-16(10-12)13(2)11-18(20-17)19-14-5-7-15(21-3)8-6-14/h4-11H,1-3H3,(H,19,20). The van der Waals surface area contributed by atoms with E-state index in [-0.39, 0.29) is 0 Å². The summed E-state index contributed by atoms with van der Waals surface area (Å²) >= 11 is 0. The number of fused-ring (bicyclic) bond motifs is 1. The number of pyridine rings is 1. The van der Waals surface area contributed by atoms with Crippen molar-refractivity contribution in [3.05, 3.63) is 59.7 Å². The lowest BCUT2D eigenvalue weighted by molar-refractivity contribution is 0.415. The van der Waals surface area contributed by atoms with Gasteiger partial charge in [-0.2, -0.15) is 0 Å². The third kappa shape index (κ3) is 2.82. The van der Waals surface area contributed by atoms with Gasteiger partial charge in [0.25, 0.3) is 0 Å². The summed E-state index contributed by atoms with van der Waals surface area (Å²) < 4.78 is 5.16. The maximum Gasteiger partial charge on any atom is 0.131 e. The fourth-order valence-electron chi connectivity index (χ4n) is 2.39. The Morgan fingerprint density at radius 1 is 0.952 bits per heavy atom. The molecule has 3 nitrogen and oxygen atoms in total. The average Bonchev–Trinajstić information content (AvgIpc) is 2.49. The highest BCUT2D eigenvalue weighted by Gasteiger charge is 2.04. The minimum atomic E-state index is 0.846. The summed E-state index contributed by atoms with van der Waals surface area (Å²) in [5.74, 6) is 1.70. The molecular formula is C18H18N2O.